The van der Waals surface area contributed by atoms with E-state index >= 15 is 0 Å². The molecule has 8 heteroatoms. The molecule has 0 spiro atoms. The van der Waals surface area contributed by atoms with Crippen molar-refractivity contribution in [1.82, 2.24) is 15.6 Å². The van der Waals surface area contributed by atoms with Crippen molar-refractivity contribution in [2.75, 3.05) is 5.32 Å². The van der Waals surface area contributed by atoms with Crippen LogP contribution in [-0.4, -0.2) is 40.6 Å². The lowest BCUT2D eigenvalue weighted by atomic mass is 10.0. The van der Waals surface area contributed by atoms with Gasteiger partial charge in [0.2, 0.25) is 11.8 Å². The van der Waals surface area contributed by atoms with Gasteiger partial charge in [-0.2, -0.15) is 0 Å². The standard InChI is InChI=1S/C30H38N4O4/c1-5-6-15-25(34-29(37)38-30(2,3)4)28(36)33-26(18-17-21-12-8-7-9-13-21)27(35)32-23-19-22-14-10-11-16-24(22)31-20-23/h7-14,16,19-20,25-26H,5-6,15,17-18H2,1-4H3,(H,32,35)(H,33,36)(H,34,37)/t25-,26+/m0/s1. The molecule has 0 unspecified atom stereocenters. The van der Waals surface area contributed by atoms with Crippen LogP contribution in [0.3, 0.4) is 0 Å². The molecule has 3 aromatic rings. The molecule has 0 saturated carbocycles. The Morgan fingerprint density at radius 2 is 1.58 bits per heavy atom. The summed E-state index contributed by atoms with van der Waals surface area (Å²) in [6.07, 6.45) is 3.93. The second kappa shape index (κ2) is 13.6. The Kier molecular flexibility index (Phi) is 10.2. The van der Waals surface area contributed by atoms with Crippen LogP contribution < -0.4 is 16.0 Å². The van der Waals surface area contributed by atoms with E-state index in [9.17, 15) is 14.4 Å². The van der Waals surface area contributed by atoms with Crippen molar-refractivity contribution in [3.63, 3.8) is 0 Å². The second-order valence-electron chi connectivity index (χ2n) is 10.3. The van der Waals surface area contributed by atoms with Crippen molar-refractivity contribution in [3.05, 3.63) is 72.4 Å². The van der Waals surface area contributed by atoms with E-state index in [4.69, 9.17) is 4.74 Å². The van der Waals surface area contributed by atoms with Gasteiger partial charge in [-0.1, -0.05) is 68.3 Å². The topological polar surface area (TPSA) is 109 Å². The minimum Gasteiger partial charge on any atom is -0.444 e. The number of hydrogen-bond acceptors (Lipinski definition) is 5. The molecule has 3 rings (SSSR count). The van der Waals surface area contributed by atoms with E-state index in [-0.39, 0.29) is 5.91 Å². The Morgan fingerprint density at radius 3 is 2.29 bits per heavy atom. The molecule has 38 heavy (non-hydrogen) atoms. The average molecular weight is 519 g/mol. The Balaban J connectivity index is 1.76. The first-order chi connectivity index (χ1) is 18.1. The van der Waals surface area contributed by atoms with Crippen molar-refractivity contribution in [2.24, 2.45) is 0 Å². The SMILES string of the molecule is CCCC[C@H](NC(=O)OC(C)(C)C)C(=O)N[C@H](CCc1ccccc1)C(=O)Nc1cnc2ccccc2c1. The van der Waals surface area contributed by atoms with Crippen LogP contribution in [0.25, 0.3) is 10.9 Å². The molecule has 3 amide bonds. The summed E-state index contributed by atoms with van der Waals surface area (Å²) in [5.41, 5.74) is 1.73. The summed E-state index contributed by atoms with van der Waals surface area (Å²) in [7, 11) is 0. The van der Waals surface area contributed by atoms with Crippen LogP contribution in [0.5, 0.6) is 0 Å². The minimum atomic E-state index is -0.821. The number of benzene rings is 2. The number of aryl methyl sites for hydroxylation is 1. The van der Waals surface area contributed by atoms with E-state index in [1.54, 1.807) is 27.0 Å². The monoisotopic (exact) mass is 518 g/mol. The van der Waals surface area contributed by atoms with Crippen LogP contribution in [0.1, 0.15) is 58.9 Å². The van der Waals surface area contributed by atoms with Gasteiger partial charge in [0, 0.05) is 5.39 Å². The number of rotatable bonds is 11. The van der Waals surface area contributed by atoms with Gasteiger partial charge in [-0.25, -0.2) is 4.79 Å². The van der Waals surface area contributed by atoms with Gasteiger partial charge in [0.05, 0.1) is 17.4 Å². The number of nitrogens with zero attached hydrogens (tertiary/aromatic N) is 1. The quantitative estimate of drug-likeness (QED) is 0.316. The third kappa shape index (κ3) is 9.18. The Hall–Kier alpha value is -3.94. The van der Waals surface area contributed by atoms with E-state index in [0.29, 0.717) is 24.9 Å². The number of unbranched alkanes of at least 4 members (excludes halogenated alkanes) is 1. The maximum atomic E-state index is 13.4. The first kappa shape index (κ1) is 28.6. The summed E-state index contributed by atoms with van der Waals surface area (Å²) in [4.78, 5) is 43.5. The van der Waals surface area contributed by atoms with E-state index in [1.165, 1.54) is 0 Å². The van der Waals surface area contributed by atoms with E-state index < -0.39 is 29.7 Å². The molecule has 3 N–H and O–H groups in total. The number of alkyl carbamates (subject to hydrolysis) is 1. The summed E-state index contributed by atoms with van der Waals surface area (Å²) < 4.78 is 5.35. The molecule has 0 saturated heterocycles. The first-order valence-electron chi connectivity index (χ1n) is 13.1. The summed E-state index contributed by atoms with van der Waals surface area (Å²) in [6, 6.07) is 17.6. The largest absolute Gasteiger partial charge is 0.444 e. The first-order valence-corrected chi connectivity index (χ1v) is 13.1. The number of fused-ring (bicyclic) bond motifs is 1. The van der Waals surface area contributed by atoms with Gasteiger partial charge in [-0.05, 0) is 57.7 Å². The lowest BCUT2D eigenvalue weighted by molar-refractivity contribution is -0.128. The zero-order valence-electron chi connectivity index (χ0n) is 22.6. The van der Waals surface area contributed by atoms with Crippen molar-refractivity contribution in [1.29, 1.82) is 0 Å². The fourth-order valence-corrected chi connectivity index (χ4v) is 3.99. The third-order valence-corrected chi connectivity index (χ3v) is 5.91. The maximum absolute atomic E-state index is 13.4. The molecule has 0 aliphatic rings. The van der Waals surface area contributed by atoms with Gasteiger partial charge in [0.15, 0.2) is 0 Å². The van der Waals surface area contributed by atoms with Gasteiger partial charge < -0.3 is 20.7 Å². The van der Waals surface area contributed by atoms with Gasteiger partial charge in [0.1, 0.15) is 17.7 Å². The number of anilines is 1. The van der Waals surface area contributed by atoms with Crippen LogP contribution in [-0.2, 0) is 20.7 Å². The van der Waals surface area contributed by atoms with Gasteiger partial charge in [-0.3, -0.25) is 14.6 Å². The molecule has 202 valence electrons. The molecule has 1 aromatic heterocycles. The lowest BCUT2D eigenvalue weighted by Crippen LogP contribution is -2.53. The van der Waals surface area contributed by atoms with Crippen molar-refractivity contribution < 1.29 is 19.1 Å². The molecule has 0 radical (unpaired) electrons. The van der Waals surface area contributed by atoms with Crippen molar-refractivity contribution >= 4 is 34.5 Å². The summed E-state index contributed by atoms with van der Waals surface area (Å²) >= 11 is 0. The van der Waals surface area contributed by atoms with E-state index in [1.807, 2.05) is 67.6 Å². The fraction of sp³-hybridized carbons (Fsp3) is 0.400. The smallest absolute Gasteiger partial charge is 0.408 e. The normalized spacial score (nSPS) is 12.8. The molecular formula is C30H38N4O4. The van der Waals surface area contributed by atoms with Gasteiger partial charge in [-0.15, -0.1) is 0 Å². The molecule has 0 fully saturated rings. The number of amides is 3. The van der Waals surface area contributed by atoms with Gasteiger partial charge >= 0.3 is 6.09 Å². The molecule has 0 aliphatic heterocycles. The molecule has 2 aromatic carbocycles. The zero-order valence-corrected chi connectivity index (χ0v) is 22.6. The predicted molar refractivity (Wildman–Crippen MR) is 150 cm³/mol. The maximum Gasteiger partial charge on any atom is 0.408 e. The average Bonchev–Trinajstić information content (AvgIpc) is 2.88. The molecule has 1 heterocycles. The highest BCUT2D eigenvalue weighted by Crippen LogP contribution is 2.17. The van der Waals surface area contributed by atoms with E-state index in [0.717, 1.165) is 29.3 Å². The molecule has 0 aliphatic carbocycles. The van der Waals surface area contributed by atoms with Crippen LogP contribution in [0.15, 0.2) is 66.9 Å². The van der Waals surface area contributed by atoms with Crippen LogP contribution >= 0.6 is 0 Å². The number of carbonyl (C=O) groups is 3. The number of para-hydroxylation sites is 1. The zero-order chi connectivity index (χ0) is 27.5. The van der Waals surface area contributed by atoms with Crippen LogP contribution in [0.2, 0.25) is 0 Å². The molecular weight excluding hydrogens is 480 g/mol. The fourth-order valence-electron chi connectivity index (χ4n) is 3.99. The van der Waals surface area contributed by atoms with Crippen LogP contribution in [0.4, 0.5) is 10.5 Å². The highest BCUT2D eigenvalue weighted by molar-refractivity contribution is 5.99. The third-order valence-electron chi connectivity index (χ3n) is 5.91. The summed E-state index contributed by atoms with van der Waals surface area (Å²) in [5, 5.41) is 9.36. The highest BCUT2D eigenvalue weighted by atomic mass is 16.6. The lowest BCUT2D eigenvalue weighted by Gasteiger charge is -2.25. The number of nitrogens with one attached hydrogen (secondary N) is 3. The Bertz CT molecular complexity index is 1220. The summed E-state index contributed by atoms with van der Waals surface area (Å²) in [6.45, 7) is 7.30. The van der Waals surface area contributed by atoms with Crippen LogP contribution in [0, 0.1) is 0 Å². The van der Waals surface area contributed by atoms with E-state index in [2.05, 4.69) is 20.9 Å². The molecule has 8 nitrogen and oxygen atoms in total. The number of carbonyl (C=O) groups excluding carboxylic acids is 3. The number of aromatic nitrogens is 1. The molecule has 2 atom stereocenters. The Morgan fingerprint density at radius 1 is 0.895 bits per heavy atom. The minimum absolute atomic E-state index is 0.349. The number of pyridine rings is 1. The van der Waals surface area contributed by atoms with Crippen molar-refractivity contribution in [2.45, 2.75) is 77.5 Å². The number of ether oxygens (including phenoxy) is 1. The predicted octanol–water partition coefficient (Wildman–Crippen LogP) is 5.37. The Labute approximate surface area is 224 Å². The van der Waals surface area contributed by atoms with Gasteiger partial charge in [0.25, 0.3) is 0 Å². The second-order valence-corrected chi connectivity index (χ2v) is 10.3. The number of hydrogen-bond donors (Lipinski definition) is 3. The highest BCUT2D eigenvalue weighted by Gasteiger charge is 2.28. The molecule has 0 bridgehead atoms. The summed E-state index contributed by atoms with van der Waals surface area (Å²) in [5.74, 6) is -0.771. The van der Waals surface area contributed by atoms with Crippen molar-refractivity contribution in [3.8, 4) is 0 Å².